The predicted molar refractivity (Wildman–Crippen MR) is 57.2 cm³/mol. The van der Waals surface area contributed by atoms with Crippen molar-refractivity contribution in [3.8, 4) is 0 Å². The molecule has 2 aliphatic heterocycles. The summed E-state index contributed by atoms with van der Waals surface area (Å²) in [4.78, 5) is 2.53. The van der Waals surface area contributed by atoms with Gasteiger partial charge in [0.05, 0.1) is 6.61 Å². The molecule has 0 radical (unpaired) electrons. The smallest absolute Gasteiger partial charge is 0.0515 e. The Morgan fingerprint density at radius 2 is 2.43 bits per heavy atom. The molecule has 3 nitrogen and oxygen atoms in total. The highest BCUT2D eigenvalue weighted by Crippen LogP contribution is 2.38. The minimum atomic E-state index is 0.188. The average molecular weight is 198 g/mol. The molecule has 2 N–H and O–H groups in total. The van der Waals surface area contributed by atoms with Gasteiger partial charge in [0, 0.05) is 25.0 Å². The second-order valence-corrected chi connectivity index (χ2v) is 4.94. The minimum Gasteiger partial charge on any atom is -0.396 e. The van der Waals surface area contributed by atoms with E-state index in [0.717, 1.165) is 19.6 Å². The van der Waals surface area contributed by atoms with Gasteiger partial charge in [-0.1, -0.05) is 13.3 Å². The molecule has 2 fully saturated rings. The van der Waals surface area contributed by atoms with Crippen LogP contribution in [0.25, 0.3) is 0 Å². The van der Waals surface area contributed by atoms with Gasteiger partial charge in [-0.05, 0) is 25.4 Å². The van der Waals surface area contributed by atoms with Crippen LogP contribution in [0, 0.1) is 11.3 Å². The molecule has 2 atom stereocenters. The molecule has 0 aromatic carbocycles. The monoisotopic (exact) mass is 198 g/mol. The molecule has 0 aromatic heterocycles. The quantitative estimate of drug-likeness (QED) is 0.682. The number of likely N-dealkylation sites (tertiary alicyclic amines) is 1. The summed E-state index contributed by atoms with van der Waals surface area (Å²) in [5.41, 5.74) is 0.188. The van der Waals surface area contributed by atoms with E-state index in [1.165, 1.54) is 25.9 Å². The number of hydrogen-bond acceptors (Lipinski definition) is 3. The third-order valence-corrected chi connectivity index (χ3v) is 3.89. The fourth-order valence-corrected chi connectivity index (χ4v) is 2.91. The van der Waals surface area contributed by atoms with Gasteiger partial charge >= 0.3 is 0 Å². The van der Waals surface area contributed by atoms with Crippen molar-refractivity contribution >= 4 is 0 Å². The molecule has 82 valence electrons. The number of nitrogens with one attached hydrogen (secondary N) is 1. The van der Waals surface area contributed by atoms with E-state index in [-0.39, 0.29) is 5.41 Å². The van der Waals surface area contributed by atoms with E-state index in [0.29, 0.717) is 12.5 Å². The van der Waals surface area contributed by atoms with Crippen LogP contribution in [-0.2, 0) is 0 Å². The lowest BCUT2D eigenvalue weighted by molar-refractivity contribution is 0.124. The molecule has 2 aliphatic rings. The first-order valence-electron chi connectivity index (χ1n) is 5.84. The Bertz CT molecular complexity index is 198. The largest absolute Gasteiger partial charge is 0.396 e. The van der Waals surface area contributed by atoms with Crippen molar-refractivity contribution in [1.82, 2.24) is 10.2 Å². The van der Waals surface area contributed by atoms with Crippen molar-refractivity contribution in [2.24, 2.45) is 11.3 Å². The van der Waals surface area contributed by atoms with Gasteiger partial charge in [0.1, 0.15) is 0 Å². The topological polar surface area (TPSA) is 35.5 Å². The number of rotatable bonds is 4. The molecule has 0 aliphatic carbocycles. The molecule has 2 saturated heterocycles. The van der Waals surface area contributed by atoms with E-state index in [1.807, 2.05) is 0 Å². The van der Waals surface area contributed by atoms with Crippen molar-refractivity contribution in [3.63, 3.8) is 0 Å². The molecule has 0 amide bonds. The third kappa shape index (κ3) is 1.69. The number of fused-ring (bicyclic) bond motifs is 1. The molecule has 0 spiro atoms. The maximum absolute atomic E-state index is 9.50. The van der Waals surface area contributed by atoms with Crippen LogP contribution in [0.1, 0.15) is 19.8 Å². The molecule has 0 aromatic rings. The molecule has 0 saturated carbocycles. The van der Waals surface area contributed by atoms with Crippen LogP contribution < -0.4 is 5.32 Å². The molecule has 3 heteroatoms. The van der Waals surface area contributed by atoms with Gasteiger partial charge in [0.15, 0.2) is 0 Å². The summed E-state index contributed by atoms with van der Waals surface area (Å²) in [6, 6.07) is 0. The summed E-state index contributed by atoms with van der Waals surface area (Å²) in [6.07, 6.45) is 2.56. The Kier molecular flexibility index (Phi) is 3.10. The summed E-state index contributed by atoms with van der Waals surface area (Å²) >= 11 is 0. The van der Waals surface area contributed by atoms with Crippen molar-refractivity contribution in [1.29, 1.82) is 0 Å². The molecule has 2 rings (SSSR count). The van der Waals surface area contributed by atoms with Crippen LogP contribution in [0.3, 0.4) is 0 Å². The Hall–Kier alpha value is -0.120. The number of aliphatic hydroxyl groups excluding tert-OH is 1. The second kappa shape index (κ2) is 4.17. The van der Waals surface area contributed by atoms with Crippen LogP contribution in [-0.4, -0.2) is 49.3 Å². The summed E-state index contributed by atoms with van der Waals surface area (Å²) in [5.74, 6) is 0.685. The van der Waals surface area contributed by atoms with Crippen LogP contribution in [0.4, 0.5) is 0 Å². The third-order valence-electron chi connectivity index (χ3n) is 3.89. The zero-order chi connectivity index (χ0) is 10.0. The standard InChI is InChI=1S/C11H22N2O/c1-2-3-4-13-6-10-5-12-7-11(10,8-13)9-14/h10,12,14H,2-9H2,1H3. The lowest BCUT2D eigenvalue weighted by atomic mass is 9.82. The molecule has 2 unspecified atom stereocenters. The van der Waals surface area contributed by atoms with Crippen LogP contribution >= 0.6 is 0 Å². The maximum Gasteiger partial charge on any atom is 0.0515 e. The fraction of sp³-hybridized carbons (Fsp3) is 1.00. The first kappa shape index (κ1) is 10.4. The summed E-state index contributed by atoms with van der Waals surface area (Å²) < 4.78 is 0. The fourth-order valence-electron chi connectivity index (χ4n) is 2.91. The van der Waals surface area contributed by atoms with Crippen molar-refractivity contribution in [2.75, 3.05) is 39.3 Å². The molecule has 2 heterocycles. The molecular formula is C11H22N2O. The summed E-state index contributed by atoms with van der Waals surface area (Å²) in [5, 5.41) is 12.9. The van der Waals surface area contributed by atoms with Gasteiger partial charge in [-0.15, -0.1) is 0 Å². The van der Waals surface area contributed by atoms with Gasteiger partial charge in [-0.3, -0.25) is 0 Å². The SMILES string of the molecule is CCCCN1CC2CNCC2(CO)C1. The first-order valence-corrected chi connectivity index (χ1v) is 5.84. The van der Waals surface area contributed by atoms with Crippen LogP contribution in [0.15, 0.2) is 0 Å². The van der Waals surface area contributed by atoms with E-state index < -0.39 is 0 Å². The highest BCUT2D eigenvalue weighted by atomic mass is 16.3. The van der Waals surface area contributed by atoms with Gasteiger partial charge < -0.3 is 15.3 Å². The average Bonchev–Trinajstić information content (AvgIpc) is 2.70. The summed E-state index contributed by atoms with van der Waals surface area (Å²) in [7, 11) is 0. The van der Waals surface area contributed by atoms with E-state index in [2.05, 4.69) is 17.1 Å². The van der Waals surface area contributed by atoms with Gasteiger partial charge in [-0.25, -0.2) is 0 Å². The number of hydrogen-bond donors (Lipinski definition) is 2. The Labute approximate surface area is 86.5 Å². The lowest BCUT2D eigenvalue weighted by Crippen LogP contribution is -2.36. The Morgan fingerprint density at radius 1 is 1.57 bits per heavy atom. The van der Waals surface area contributed by atoms with E-state index >= 15 is 0 Å². The first-order chi connectivity index (χ1) is 6.80. The molecule has 0 bridgehead atoms. The minimum absolute atomic E-state index is 0.188. The second-order valence-electron chi connectivity index (χ2n) is 4.94. The van der Waals surface area contributed by atoms with E-state index in [4.69, 9.17) is 0 Å². The predicted octanol–water partition coefficient (Wildman–Crippen LogP) is 0.300. The number of unbranched alkanes of at least 4 members (excludes halogenated alkanes) is 1. The molecule has 14 heavy (non-hydrogen) atoms. The van der Waals surface area contributed by atoms with Crippen molar-refractivity contribution in [3.05, 3.63) is 0 Å². The van der Waals surface area contributed by atoms with Gasteiger partial charge in [-0.2, -0.15) is 0 Å². The maximum atomic E-state index is 9.50. The zero-order valence-corrected chi connectivity index (χ0v) is 9.13. The normalized spacial score (nSPS) is 37.7. The van der Waals surface area contributed by atoms with E-state index in [9.17, 15) is 5.11 Å². The highest BCUT2D eigenvalue weighted by Gasteiger charge is 2.48. The van der Waals surface area contributed by atoms with Gasteiger partial charge in [0.2, 0.25) is 0 Å². The van der Waals surface area contributed by atoms with Gasteiger partial charge in [0.25, 0.3) is 0 Å². The Morgan fingerprint density at radius 3 is 3.07 bits per heavy atom. The van der Waals surface area contributed by atoms with Crippen molar-refractivity contribution < 1.29 is 5.11 Å². The lowest BCUT2D eigenvalue weighted by Gasteiger charge is -2.25. The van der Waals surface area contributed by atoms with E-state index in [1.54, 1.807) is 0 Å². The number of nitrogens with zero attached hydrogens (tertiary/aromatic N) is 1. The Balaban J connectivity index is 1.91. The number of aliphatic hydroxyl groups is 1. The van der Waals surface area contributed by atoms with Crippen molar-refractivity contribution in [2.45, 2.75) is 19.8 Å². The van der Waals surface area contributed by atoms with Crippen LogP contribution in [0.5, 0.6) is 0 Å². The zero-order valence-electron chi connectivity index (χ0n) is 9.13. The van der Waals surface area contributed by atoms with Crippen LogP contribution in [0.2, 0.25) is 0 Å². The summed E-state index contributed by atoms with van der Waals surface area (Å²) in [6.45, 7) is 8.21. The highest BCUT2D eigenvalue weighted by molar-refractivity contribution is 5.02. The molecular weight excluding hydrogens is 176 g/mol.